The summed E-state index contributed by atoms with van der Waals surface area (Å²) in [5.74, 6) is -4.00. The molecule has 1 aromatic carbocycles. The molecule has 2 aromatic rings. The van der Waals surface area contributed by atoms with Crippen LogP contribution in [-0.2, 0) is 0 Å². The van der Waals surface area contributed by atoms with E-state index in [9.17, 15) is 13.2 Å². The van der Waals surface area contributed by atoms with E-state index in [4.69, 9.17) is 21.6 Å². The molecular weight excluding hydrogens is 319 g/mol. The highest BCUT2D eigenvalue weighted by atomic mass is 35.5. The van der Waals surface area contributed by atoms with Crippen LogP contribution in [0.2, 0.25) is 5.15 Å². The van der Waals surface area contributed by atoms with Crippen LogP contribution in [0.25, 0.3) is 11.1 Å². The normalized spacial score (nSPS) is 10.6. The Morgan fingerprint density at radius 1 is 1.14 bits per heavy atom. The number of ether oxygens (including phenoxy) is 1. The molecule has 2 rings (SSSR count). The first-order valence-electron chi connectivity index (χ1n) is 6.12. The number of aromatic nitrogens is 2. The second kappa shape index (κ2) is 6.20. The Labute approximate surface area is 129 Å². The molecular formula is C14H9ClF3N3O. The smallest absolute Gasteiger partial charge is 0.236 e. The lowest BCUT2D eigenvalue weighted by Gasteiger charge is -2.15. The summed E-state index contributed by atoms with van der Waals surface area (Å²) < 4.78 is 46.3. The summed E-state index contributed by atoms with van der Waals surface area (Å²) in [6.45, 7) is 3.31. The molecule has 0 saturated carbocycles. The second-order valence-corrected chi connectivity index (χ2v) is 4.90. The highest BCUT2D eigenvalue weighted by molar-refractivity contribution is 6.32. The third-order valence-corrected chi connectivity index (χ3v) is 2.81. The van der Waals surface area contributed by atoms with E-state index < -0.39 is 29.1 Å². The van der Waals surface area contributed by atoms with Crippen molar-refractivity contribution in [2.75, 3.05) is 0 Å². The molecule has 0 aliphatic rings. The zero-order valence-corrected chi connectivity index (χ0v) is 12.2. The highest BCUT2D eigenvalue weighted by Gasteiger charge is 2.24. The van der Waals surface area contributed by atoms with Crippen LogP contribution in [0.4, 0.5) is 13.2 Å². The number of hydrogen-bond donors (Lipinski definition) is 0. The molecule has 0 spiro atoms. The van der Waals surface area contributed by atoms with Gasteiger partial charge in [-0.05, 0) is 13.8 Å². The van der Waals surface area contributed by atoms with E-state index in [1.807, 2.05) is 0 Å². The maximum atomic E-state index is 14.0. The van der Waals surface area contributed by atoms with Crippen molar-refractivity contribution in [3.63, 3.8) is 0 Å². The number of rotatable bonds is 3. The number of halogens is 4. The first-order valence-corrected chi connectivity index (χ1v) is 6.50. The molecule has 0 N–H and O–H groups in total. The Balaban J connectivity index is 2.77. The SMILES string of the molecule is CC(C)Oc1nc(C#N)nc(Cl)c1-c1c(F)cc(F)cc1F. The van der Waals surface area contributed by atoms with E-state index in [0.29, 0.717) is 12.1 Å². The van der Waals surface area contributed by atoms with E-state index in [-0.39, 0.29) is 22.4 Å². The van der Waals surface area contributed by atoms with Gasteiger partial charge in [-0.1, -0.05) is 11.6 Å². The fourth-order valence-electron chi connectivity index (χ4n) is 1.76. The summed E-state index contributed by atoms with van der Waals surface area (Å²) in [5.41, 5.74) is -0.893. The van der Waals surface area contributed by atoms with Crippen molar-refractivity contribution in [1.29, 1.82) is 5.26 Å². The molecule has 0 aliphatic heterocycles. The lowest BCUT2D eigenvalue weighted by Crippen LogP contribution is -2.10. The predicted octanol–water partition coefficient (Wildman–Crippen LogP) is 3.87. The van der Waals surface area contributed by atoms with Crippen molar-refractivity contribution < 1.29 is 17.9 Å². The van der Waals surface area contributed by atoms with Crippen molar-refractivity contribution in [3.8, 4) is 23.1 Å². The molecule has 0 unspecified atom stereocenters. The Hall–Kier alpha value is -2.33. The summed E-state index contributed by atoms with van der Waals surface area (Å²) in [4.78, 5) is 7.39. The summed E-state index contributed by atoms with van der Waals surface area (Å²) in [6, 6.07) is 2.68. The van der Waals surface area contributed by atoms with Gasteiger partial charge in [0, 0.05) is 12.1 Å². The van der Waals surface area contributed by atoms with Gasteiger partial charge in [0.1, 0.15) is 28.7 Å². The van der Waals surface area contributed by atoms with Crippen molar-refractivity contribution in [2.45, 2.75) is 20.0 Å². The molecule has 0 bridgehead atoms. The van der Waals surface area contributed by atoms with Crippen molar-refractivity contribution in [1.82, 2.24) is 9.97 Å². The molecule has 0 aliphatic carbocycles. The fraction of sp³-hybridized carbons (Fsp3) is 0.214. The van der Waals surface area contributed by atoms with Gasteiger partial charge in [0.05, 0.1) is 17.2 Å². The van der Waals surface area contributed by atoms with E-state index in [1.165, 1.54) is 0 Å². The number of benzene rings is 1. The van der Waals surface area contributed by atoms with Crippen LogP contribution in [0.15, 0.2) is 12.1 Å². The number of nitrogens with zero attached hydrogens (tertiary/aromatic N) is 3. The minimum absolute atomic E-state index is 0.254. The first kappa shape index (κ1) is 16.0. The van der Waals surface area contributed by atoms with Crippen LogP contribution in [-0.4, -0.2) is 16.1 Å². The van der Waals surface area contributed by atoms with Crippen LogP contribution in [0.3, 0.4) is 0 Å². The average Bonchev–Trinajstić information content (AvgIpc) is 2.39. The molecule has 0 saturated heterocycles. The van der Waals surface area contributed by atoms with Crippen molar-refractivity contribution in [2.24, 2.45) is 0 Å². The van der Waals surface area contributed by atoms with Crippen LogP contribution >= 0.6 is 11.6 Å². The average molecular weight is 328 g/mol. The van der Waals surface area contributed by atoms with Gasteiger partial charge in [-0.15, -0.1) is 0 Å². The van der Waals surface area contributed by atoms with Crippen molar-refractivity contribution >= 4 is 11.6 Å². The molecule has 114 valence electrons. The summed E-state index contributed by atoms with van der Waals surface area (Å²) in [5, 5.41) is 8.47. The minimum atomic E-state index is -1.18. The highest BCUT2D eigenvalue weighted by Crippen LogP contribution is 2.38. The largest absolute Gasteiger partial charge is 0.474 e. The van der Waals surface area contributed by atoms with Gasteiger partial charge < -0.3 is 4.74 Å². The Bertz CT molecular complexity index is 752. The molecule has 1 heterocycles. The molecule has 0 radical (unpaired) electrons. The maximum absolute atomic E-state index is 14.0. The quantitative estimate of drug-likeness (QED) is 0.803. The van der Waals surface area contributed by atoms with Gasteiger partial charge in [0.15, 0.2) is 0 Å². The zero-order chi connectivity index (χ0) is 16.4. The van der Waals surface area contributed by atoms with Gasteiger partial charge >= 0.3 is 0 Å². The third-order valence-electron chi connectivity index (χ3n) is 2.54. The zero-order valence-electron chi connectivity index (χ0n) is 11.5. The molecule has 0 fully saturated rings. The van der Waals surface area contributed by atoms with E-state index in [0.717, 1.165) is 0 Å². The second-order valence-electron chi connectivity index (χ2n) is 4.54. The molecule has 0 amide bonds. The summed E-state index contributed by atoms with van der Waals surface area (Å²) in [7, 11) is 0. The van der Waals surface area contributed by atoms with E-state index in [2.05, 4.69) is 9.97 Å². The first-order chi connectivity index (χ1) is 10.3. The van der Waals surface area contributed by atoms with Crippen LogP contribution in [0, 0.1) is 28.8 Å². The van der Waals surface area contributed by atoms with Crippen LogP contribution in [0.5, 0.6) is 5.88 Å². The van der Waals surface area contributed by atoms with Gasteiger partial charge in [-0.25, -0.2) is 18.2 Å². The summed E-state index contributed by atoms with van der Waals surface area (Å²) >= 11 is 5.91. The standard InChI is InChI=1S/C14H9ClF3N3O/c1-6(2)22-14-12(13(15)20-10(5-19)21-14)11-8(17)3-7(16)4-9(11)18/h3-4,6H,1-2H3. The fourth-order valence-corrected chi connectivity index (χ4v) is 2.02. The minimum Gasteiger partial charge on any atom is -0.474 e. The Morgan fingerprint density at radius 2 is 1.73 bits per heavy atom. The molecule has 22 heavy (non-hydrogen) atoms. The van der Waals surface area contributed by atoms with Gasteiger partial charge in [0.2, 0.25) is 11.7 Å². The lowest BCUT2D eigenvalue weighted by molar-refractivity contribution is 0.233. The Morgan fingerprint density at radius 3 is 2.23 bits per heavy atom. The van der Waals surface area contributed by atoms with Crippen LogP contribution < -0.4 is 4.74 Å². The van der Waals surface area contributed by atoms with Gasteiger partial charge in [-0.2, -0.15) is 10.2 Å². The van der Waals surface area contributed by atoms with E-state index >= 15 is 0 Å². The number of nitriles is 1. The van der Waals surface area contributed by atoms with Crippen molar-refractivity contribution in [3.05, 3.63) is 40.6 Å². The Kier molecular flexibility index (Phi) is 4.52. The number of hydrogen-bond acceptors (Lipinski definition) is 4. The predicted molar refractivity (Wildman–Crippen MR) is 72.8 cm³/mol. The molecule has 4 nitrogen and oxygen atoms in total. The van der Waals surface area contributed by atoms with E-state index in [1.54, 1.807) is 19.9 Å². The third kappa shape index (κ3) is 3.12. The maximum Gasteiger partial charge on any atom is 0.236 e. The lowest BCUT2D eigenvalue weighted by atomic mass is 10.1. The van der Waals surface area contributed by atoms with Gasteiger partial charge in [-0.3, -0.25) is 0 Å². The molecule has 0 atom stereocenters. The topological polar surface area (TPSA) is 58.8 Å². The van der Waals surface area contributed by atoms with Crippen LogP contribution in [0.1, 0.15) is 19.7 Å². The van der Waals surface area contributed by atoms with Gasteiger partial charge in [0.25, 0.3) is 0 Å². The molecule has 8 heteroatoms. The molecule has 1 aromatic heterocycles. The monoisotopic (exact) mass is 327 g/mol. The summed E-state index contributed by atoms with van der Waals surface area (Å²) in [6.07, 6.45) is -0.400.